The van der Waals surface area contributed by atoms with Gasteiger partial charge in [-0.25, -0.2) is 5.41 Å². The van der Waals surface area contributed by atoms with Crippen LogP contribution in [-0.4, -0.2) is 23.3 Å². The van der Waals surface area contributed by atoms with E-state index in [1.54, 1.807) is 13.2 Å². The van der Waals surface area contributed by atoms with Crippen LogP contribution < -0.4 is 5.73 Å². The predicted molar refractivity (Wildman–Crippen MR) is 42.2 cm³/mol. The lowest BCUT2D eigenvalue weighted by Gasteiger charge is -1.96. The number of amidine groups is 1. The van der Waals surface area contributed by atoms with Crippen LogP contribution in [0.4, 0.5) is 4.79 Å². The molecule has 5 heteroatoms. The van der Waals surface area contributed by atoms with Crippen LogP contribution in [0.25, 0.3) is 0 Å². The number of ether oxygens (including phenoxy) is 1. The van der Waals surface area contributed by atoms with Crippen molar-refractivity contribution in [2.75, 3.05) is 12.9 Å². The maximum atomic E-state index is 10.8. The van der Waals surface area contributed by atoms with Gasteiger partial charge in [0.1, 0.15) is 6.26 Å². The largest absolute Gasteiger partial charge is 0.534 e. The van der Waals surface area contributed by atoms with E-state index in [2.05, 4.69) is 4.74 Å². The summed E-state index contributed by atoms with van der Waals surface area (Å²) in [6.07, 6.45) is 1.57. The van der Waals surface area contributed by atoms with Crippen molar-refractivity contribution >= 4 is 21.4 Å². The van der Waals surface area contributed by atoms with E-state index < -0.39 is 16.2 Å². The van der Waals surface area contributed by atoms with Crippen LogP contribution in [0.2, 0.25) is 0 Å². The van der Waals surface area contributed by atoms with Crippen molar-refractivity contribution in [3.8, 4) is 0 Å². The molecule has 3 N–H and O–H groups in total. The smallest absolute Gasteiger partial charge is 0.426 e. The number of carbonyl (C=O) groups excluding carboxylic acids is 1. The summed E-state index contributed by atoms with van der Waals surface area (Å²) < 4.78 is 4.62. The first kappa shape index (κ1) is 9.29. The van der Waals surface area contributed by atoms with Gasteiger partial charge in [-0.1, -0.05) is 0 Å². The van der Waals surface area contributed by atoms with Gasteiger partial charge in [-0.05, 0) is 6.92 Å². The first-order chi connectivity index (χ1) is 4.59. The second kappa shape index (κ2) is 4.16. The van der Waals surface area contributed by atoms with Crippen LogP contribution in [0.1, 0.15) is 6.92 Å². The maximum Gasteiger partial charge on any atom is 0.534 e. The lowest BCUT2D eigenvalue weighted by atomic mass is 10.9. The van der Waals surface area contributed by atoms with E-state index in [1.165, 1.54) is 0 Å². The average molecular weight is 163 g/mol. The van der Waals surface area contributed by atoms with Crippen LogP contribution in [0, 0.1) is 5.41 Å². The number of rotatable bonds is 1. The highest BCUT2D eigenvalue weighted by Gasteiger charge is 2.29. The highest BCUT2D eigenvalue weighted by molar-refractivity contribution is 8.22. The van der Waals surface area contributed by atoms with Gasteiger partial charge < -0.3 is 10.5 Å². The van der Waals surface area contributed by atoms with E-state index in [0.29, 0.717) is 6.61 Å². The molecule has 0 aliphatic heterocycles. The van der Waals surface area contributed by atoms with E-state index >= 15 is 0 Å². The first-order valence-corrected chi connectivity index (χ1v) is 4.39. The van der Waals surface area contributed by atoms with Crippen molar-refractivity contribution in [1.29, 1.82) is 5.41 Å². The van der Waals surface area contributed by atoms with Crippen LogP contribution in [0.15, 0.2) is 0 Å². The Hall–Kier alpha value is -0.710. The Labute approximate surface area is 62.6 Å². The minimum absolute atomic E-state index is 0.126. The molecule has 0 amide bonds. The molecule has 0 saturated carbocycles. The van der Waals surface area contributed by atoms with Crippen LogP contribution in [0.5, 0.6) is 0 Å². The third-order valence-electron chi connectivity index (χ3n) is 0.842. The van der Waals surface area contributed by atoms with Crippen molar-refractivity contribution in [3.63, 3.8) is 0 Å². The highest BCUT2D eigenvalue weighted by Crippen LogP contribution is 1.95. The Morgan fingerprint density at radius 1 is 1.80 bits per heavy atom. The van der Waals surface area contributed by atoms with Gasteiger partial charge in [-0.3, -0.25) is 0 Å². The number of nitrogens with two attached hydrogens (primary N) is 1. The Morgan fingerprint density at radius 3 is 2.60 bits per heavy atom. The van der Waals surface area contributed by atoms with Gasteiger partial charge in [0.2, 0.25) is 0 Å². The van der Waals surface area contributed by atoms with Crippen molar-refractivity contribution in [1.82, 2.24) is 0 Å². The van der Waals surface area contributed by atoms with Gasteiger partial charge in [-0.15, -0.1) is 0 Å². The van der Waals surface area contributed by atoms with Gasteiger partial charge in [-0.2, -0.15) is 4.79 Å². The molecule has 0 heterocycles. The fraction of sp³-hybridized carbons (Fsp3) is 0.600. The Bertz CT molecular complexity index is 149. The summed E-state index contributed by atoms with van der Waals surface area (Å²) in [6.45, 7) is 2.05. The molecule has 0 rings (SSSR count). The minimum atomic E-state index is -0.866. The molecule has 10 heavy (non-hydrogen) atoms. The lowest BCUT2D eigenvalue weighted by molar-refractivity contribution is 0.181. The summed E-state index contributed by atoms with van der Waals surface area (Å²) in [5.74, 6) is 0. The fourth-order valence-corrected chi connectivity index (χ4v) is 0.770. The Morgan fingerprint density at radius 2 is 2.30 bits per heavy atom. The molecule has 0 fully saturated rings. The van der Waals surface area contributed by atoms with Crippen LogP contribution in [-0.2, 0) is 15.6 Å². The quantitative estimate of drug-likeness (QED) is 0.252. The molecule has 0 bridgehead atoms. The van der Waals surface area contributed by atoms with E-state index in [0.717, 1.165) is 0 Å². The van der Waals surface area contributed by atoms with Gasteiger partial charge in [0.15, 0.2) is 10.9 Å². The molecule has 0 spiro atoms. The zero-order chi connectivity index (χ0) is 8.15. The molecular weight excluding hydrogens is 152 g/mol. The highest BCUT2D eigenvalue weighted by atomic mass is 32.2. The Balaban J connectivity index is 3.82. The topological polar surface area (TPSA) is 76.2 Å². The van der Waals surface area contributed by atoms with Gasteiger partial charge in [0, 0.05) is 0 Å². The summed E-state index contributed by atoms with van der Waals surface area (Å²) >= 11 is 0. The summed E-state index contributed by atoms with van der Waals surface area (Å²) in [4.78, 5) is 10.8. The third-order valence-corrected chi connectivity index (χ3v) is 2.12. The normalized spacial score (nSPS) is 12.2. The molecule has 1 unspecified atom stereocenters. The van der Waals surface area contributed by atoms with Crippen molar-refractivity contribution < 1.29 is 9.53 Å². The van der Waals surface area contributed by atoms with E-state index in [9.17, 15) is 4.79 Å². The Kier molecular flexibility index (Phi) is 3.87. The number of hydrogen-bond donors (Lipinski definition) is 2. The zero-order valence-electron chi connectivity index (χ0n) is 6.01. The molecule has 0 aromatic heterocycles. The molecule has 0 saturated heterocycles. The molecule has 1 atom stereocenters. The van der Waals surface area contributed by atoms with Crippen molar-refractivity contribution in [3.05, 3.63) is 0 Å². The predicted octanol–water partition coefficient (Wildman–Crippen LogP) is 0.284. The second-order valence-corrected chi connectivity index (χ2v) is 3.35. The van der Waals surface area contributed by atoms with Crippen molar-refractivity contribution in [2.24, 2.45) is 5.73 Å². The molecule has 0 aromatic rings. The standard InChI is InChI=1S/C5H11N2O2S/c1-3-9-5(8)10(2)4(6)7/h3H2,1-2H3,(H3,6,7)/q+1. The summed E-state index contributed by atoms with van der Waals surface area (Å²) in [6, 6.07) is 0. The molecular formula is C5H11N2O2S+. The second-order valence-electron chi connectivity index (χ2n) is 1.56. The summed E-state index contributed by atoms with van der Waals surface area (Å²) in [7, 11) is -0.866. The molecule has 4 nitrogen and oxygen atoms in total. The molecule has 0 aliphatic carbocycles. The molecule has 0 aromatic carbocycles. The van der Waals surface area contributed by atoms with E-state index in [1.807, 2.05) is 0 Å². The minimum Gasteiger partial charge on any atom is -0.426 e. The lowest BCUT2D eigenvalue weighted by Crippen LogP contribution is -2.29. The van der Waals surface area contributed by atoms with Crippen LogP contribution in [0.3, 0.4) is 0 Å². The van der Waals surface area contributed by atoms with Gasteiger partial charge in [0.05, 0.1) is 6.61 Å². The number of carbonyl (C=O) groups is 1. The first-order valence-electron chi connectivity index (χ1n) is 2.76. The fourth-order valence-electron chi connectivity index (χ4n) is 0.296. The summed E-state index contributed by atoms with van der Waals surface area (Å²) in [5, 5.41) is 6.36. The zero-order valence-corrected chi connectivity index (χ0v) is 6.83. The van der Waals surface area contributed by atoms with Crippen LogP contribution >= 0.6 is 0 Å². The monoisotopic (exact) mass is 163 g/mol. The average Bonchev–Trinajstić information content (AvgIpc) is 1.87. The number of nitrogens with one attached hydrogen (secondary N) is 1. The molecule has 0 radical (unpaired) electrons. The third kappa shape index (κ3) is 2.72. The van der Waals surface area contributed by atoms with Gasteiger partial charge in [0.25, 0.3) is 0 Å². The molecule has 0 aliphatic rings. The number of hydrogen-bond acceptors (Lipinski definition) is 3. The van der Waals surface area contributed by atoms with Crippen molar-refractivity contribution in [2.45, 2.75) is 6.92 Å². The SMILES string of the molecule is CCOC(=O)[S+](C)C(=N)N. The molecule has 58 valence electrons. The summed E-state index contributed by atoms with van der Waals surface area (Å²) in [5.41, 5.74) is 5.06. The van der Waals surface area contributed by atoms with E-state index in [4.69, 9.17) is 11.1 Å². The maximum absolute atomic E-state index is 10.8. The van der Waals surface area contributed by atoms with Gasteiger partial charge >= 0.3 is 10.5 Å². The van der Waals surface area contributed by atoms with E-state index in [-0.39, 0.29) is 5.17 Å².